The number of piperazine rings is 1. The first kappa shape index (κ1) is 20.9. The number of nitrogens with one attached hydrogen (secondary N) is 1. The zero-order valence-corrected chi connectivity index (χ0v) is 17.2. The van der Waals surface area contributed by atoms with Crippen molar-refractivity contribution in [2.75, 3.05) is 58.3 Å². The standard InChI is InChI=1S/C20H33N5O2/c1-20(2,3)27-19(26)23(5)12-11-22-18(21-4)25-15-13-24(14-16-25)17-9-7-6-8-10-17/h6-10H,11-16H2,1-5H3,(H,21,22). The molecule has 0 aromatic heterocycles. The lowest BCUT2D eigenvalue weighted by atomic mass is 10.2. The summed E-state index contributed by atoms with van der Waals surface area (Å²) in [5, 5.41) is 3.35. The number of hydrogen-bond acceptors (Lipinski definition) is 4. The molecule has 0 unspecified atom stereocenters. The van der Waals surface area contributed by atoms with Crippen LogP contribution in [0.5, 0.6) is 0 Å². The number of ether oxygens (including phenoxy) is 1. The number of aliphatic imine (C=N–C) groups is 1. The molecule has 1 heterocycles. The van der Waals surface area contributed by atoms with Crippen LogP contribution in [0.25, 0.3) is 0 Å². The van der Waals surface area contributed by atoms with Gasteiger partial charge in [-0.15, -0.1) is 0 Å². The maximum atomic E-state index is 12.0. The fraction of sp³-hybridized carbons (Fsp3) is 0.600. The SMILES string of the molecule is CN=C(NCCN(C)C(=O)OC(C)(C)C)N1CCN(c2ccccc2)CC1. The number of carbonyl (C=O) groups is 1. The minimum atomic E-state index is -0.479. The molecule has 0 atom stereocenters. The smallest absolute Gasteiger partial charge is 0.410 e. The maximum Gasteiger partial charge on any atom is 0.410 e. The van der Waals surface area contributed by atoms with Crippen LogP contribution in [0.15, 0.2) is 35.3 Å². The Kier molecular flexibility index (Phi) is 7.33. The summed E-state index contributed by atoms with van der Waals surface area (Å²) >= 11 is 0. The summed E-state index contributed by atoms with van der Waals surface area (Å²) in [4.78, 5) is 22.6. The third-order valence-electron chi connectivity index (χ3n) is 4.35. The molecular weight excluding hydrogens is 342 g/mol. The number of amides is 1. The number of carbonyl (C=O) groups excluding carboxylic acids is 1. The molecule has 27 heavy (non-hydrogen) atoms. The first-order valence-corrected chi connectivity index (χ1v) is 9.50. The average Bonchev–Trinajstić information content (AvgIpc) is 2.64. The predicted molar refractivity (Wildman–Crippen MR) is 110 cm³/mol. The van der Waals surface area contributed by atoms with Crippen LogP contribution in [-0.4, -0.2) is 80.8 Å². The van der Waals surface area contributed by atoms with Gasteiger partial charge < -0.3 is 24.8 Å². The van der Waals surface area contributed by atoms with Crippen molar-refractivity contribution in [1.29, 1.82) is 0 Å². The molecule has 1 fully saturated rings. The number of likely N-dealkylation sites (N-methyl/N-ethyl adjacent to an activating group) is 1. The van der Waals surface area contributed by atoms with Crippen molar-refractivity contribution in [3.8, 4) is 0 Å². The third kappa shape index (κ3) is 6.66. The zero-order chi connectivity index (χ0) is 19.9. The van der Waals surface area contributed by atoms with E-state index in [2.05, 4.69) is 44.4 Å². The molecule has 0 aliphatic carbocycles. The summed E-state index contributed by atoms with van der Waals surface area (Å²) in [7, 11) is 3.54. The molecule has 0 spiro atoms. The van der Waals surface area contributed by atoms with Gasteiger partial charge in [-0.2, -0.15) is 0 Å². The molecule has 1 aromatic carbocycles. The number of anilines is 1. The highest BCUT2D eigenvalue weighted by Crippen LogP contribution is 2.15. The lowest BCUT2D eigenvalue weighted by molar-refractivity contribution is 0.0302. The largest absolute Gasteiger partial charge is 0.444 e. The predicted octanol–water partition coefficient (Wildman–Crippen LogP) is 2.25. The second-order valence-electron chi connectivity index (χ2n) is 7.69. The van der Waals surface area contributed by atoms with E-state index in [0.717, 1.165) is 32.1 Å². The monoisotopic (exact) mass is 375 g/mol. The number of nitrogens with zero attached hydrogens (tertiary/aromatic N) is 4. The van der Waals surface area contributed by atoms with E-state index in [1.807, 2.05) is 26.8 Å². The molecular formula is C20H33N5O2. The number of rotatable bonds is 4. The summed E-state index contributed by atoms with van der Waals surface area (Å²) in [6, 6.07) is 10.5. The molecule has 1 amide bonds. The summed E-state index contributed by atoms with van der Waals surface area (Å²) in [5.74, 6) is 0.875. The van der Waals surface area contributed by atoms with Gasteiger partial charge in [0.1, 0.15) is 5.60 Å². The lowest BCUT2D eigenvalue weighted by Crippen LogP contribution is -2.53. The highest BCUT2D eigenvalue weighted by molar-refractivity contribution is 5.80. The Morgan fingerprint density at radius 2 is 1.81 bits per heavy atom. The second kappa shape index (κ2) is 9.48. The van der Waals surface area contributed by atoms with E-state index >= 15 is 0 Å². The minimum Gasteiger partial charge on any atom is -0.444 e. The Bertz CT molecular complexity index is 619. The molecule has 1 aliphatic rings. The number of guanidine groups is 1. The molecule has 2 rings (SSSR count). The number of benzene rings is 1. The topological polar surface area (TPSA) is 60.4 Å². The molecule has 1 aromatic rings. The van der Waals surface area contributed by atoms with Crippen molar-refractivity contribution in [3.05, 3.63) is 30.3 Å². The zero-order valence-electron chi connectivity index (χ0n) is 17.2. The van der Waals surface area contributed by atoms with Gasteiger partial charge in [-0.1, -0.05) is 18.2 Å². The summed E-state index contributed by atoms with van der Waals surface area (Å²) in [6.45, 7) is 10.5. The highest BCUT2D eigenvalue weighted by Gasteiger charge is 2.21. The Morgan fingerprint density at radius 1 is 1.19 bits per heavy atom. The number of hydrogen-bond donors (Lipinski definition) is 1. The minimum absolute atomic E-state index is 0.309. The third-order valence-corrected chi connectivity index (χ3v) is 4.35. The molecule has 150 valence electrons. The van der Waals surface area contributed by atoms with E-state index in [9.17, 15) is 4.79 Å². The van der Waals surface area contributed by atoms with E-state index < -0.39 is 5.60 Å². The van der Waals surface area contributed by atoms with Crippen molar-refractivity contribution in [1.82, 2.24) is 15.1 Å². The van der Waals surface area contributed by atoms with Crippen LogP contribution in [0, 0.1) is 0 Å². The molecule has 0 saturated carbocycles. The van der Waals surface area contributed by atoms with E-state index in [4.69, 9.17) is 4.74 Å². The van der Waals surface area contributed by atoms with Crippen molar-refractivity contribution in [3.63, 3.8) is 0 Å². The van der Waals surface area contributed by atoms with Gasteiger partial charge in [0, 0.05) is 59.1 Å². The molecule has 7 nitrogen and oxygen atoms in total. The van der Waals surface area contributed by atoms with Crippen LogP contribution < -0.4 is 10.2 Å². The summed E-state index contributed by atoms with van der Waals surface area (Å²) < 4.78 is 5.37. The quantitative estimate of drug-likeness (QED) is 0.646. The van der Waals surface area contributed by atoms with Gasteiger partial charge in [0.05, 0.1) is 0 Å². The highest BCUT2D eigenvalue weighted by atomic mass is 16.6. The lowest BCUT2D eigenvalue weighted by Gasteiger charge is -2.37. The molecule has 0 bridgehead atoms. The van der Waals surface area contributed by atoms with E-state index in [1.54, 1.807) is 19.0 Å². The van der Waals surface area contributed by atoms with E-state index in [1.165, 1.54) is 5.69 Å². The van der Waals surface area contributed by atoms with Gasteiger partial charge >= 0.3 is 6.09 Å². The first-order valence-electron chi connectivity index (χ1n) is 9.50. The van der Waals surface area contributed by atoms with Gasteiger partial charge in [-0.25, -0.2) is 4.79 Å². The van der Waals surface area contributed by atoms with Crippen LogP contribution in [-0.2, 0) is 4.74 Å². The van der Waals surface area contributed by atoms with E-state index in [0.29, 0.717) is 13.1 Å². The normalized spacial score (nSPS) is 15.5. The van der Waals surface area contributed by atoms with Crippen LogP contribution in [0.1, 0.15) is 20.8 Å². The van der Waals surface area contributed by atoms with Crippen LogP contribution in [0.3, 0.4) is 0 Å². The van der Waals surface area contributed by atoms with E-state index in [-0.39, 0.29) is 6.09 Å². The summed E-state index contributed by atoms with van der Waals surface area (Å²) in [6.07, 6.45) is -0.309. The molecule has 1 N–H and O–H groups in total. The number of para-hydroxylation sites is 1. The first-order chi connectivity index (χ1) is 12.8. The van der Waals surface area contributed by atoms with Gasteiger partial charge in [-0.05, 0) is 32.9 Å². The Balaban J connectivity index is 1.75. The second-order valence-corrected chi connectivity index (χ2v) is 7.69. The van der Waals surface area contributed by atoms with Crippen molar-refractivity contribution in [2.24, 2.45) is 4.99 Å². The Morgan fingerprint density at radius 3 is 2.37 bits per heavy atom. The van der Waals surface area contributed by atoms with Crippen LogP contribution in [0.4, 0.5) is 10.5 Å². The van der Waals surface area contributed by atoms with Gasteiger partial charge in [0.25, 0.3) is 0 Å². The molecule has 1 saturated heterocycles. The Hall–Kier alpha value is -2.44. The Labute approximate surface area is 163 Å². The molecule has 7 heteroatoms. The average molecular weight is 376 g/mol. The van der Waals surface area contributed by atoms with Crippen molar-refractivity contribution >= 4 is 17.7 Å². The maximum absolute atomic E-state index is 12.0. The molecule has 0 radical (unpaired) electrons. The fourth-order valence-corrected chi connectivity index (χ4v) is 2.91. The van der Waals surface area contributed by atoms with Gasteiger partial charge in [-0.3, -0.25) is 4.99 Å². The van der Waals surface area contributed by atoms with Crippen molar-refractivity contribution in [2.45, 2.75) is 26.4 Å². The van der Waals surface area contributed by atoms with Crippen molar-refractivity contribution < 1.29 is 9.53 Å². The fourth-order valence-electron chi connectivity index (χ4n) is 2.91. The molecule has 1 aliphatic heterocycles. The van der Waals surface area contributed by atoms with Crippen LogP contribution in [0.2, 0.25) is 0 Å². The summed E-state index contributed by atoms with van der Waals surface area (Å²) in [5.41, 5.74) is 0.784. The van der Waals surface area contributed by atoms with Crippen LogP contribution >= 0.6 is 0 Å². The van der Waals surface area contributed by atoms with Gasteiger partial charge in [0.15, 0.2) is 5.96 Å². The van der Waals surface area contributed by atoms with Gasteiger partial charge in [0.2, 0.25) is 0 Å².